The lowest BCUT2D eigenvalue weighted by atomic mass is 10.2. The van der Waals surface area contributed by atoms with Gasteiger partial charge in [-0.1, -0.05) is 16.8 Å². The molecule has 0 bridgehead atoms. The Labute approximate surface area is 158 Å². The Morgan fingerprint density at radius 3 is 2.67 bits per heavy atom. The predicted molar refractivity (Wildman–Crippen MR) is 94.3 cm³/mol. The number of halogens is 1. The molecule has 2 aromatic heterocycles. The van der Waals surface area contributed by atoms with Gasteiger partial charge in [-0.25, -0.2) is 9.78 Å². The number of benzene rings is 1. The molecular formula is C17H15ClN4O5. The molecule has 0 saturated carbocycles. The molecule has 0 aliphatic heterocycles. The Morgan fingerprint density at radius 2 is 2.04 bits per heavy atom. The fraction of sp³-hybridized carbons (Fsp3) is 0.176. The second-order valence-corrected chi connectivity index (χ2v) is 5.83. The average Bonchev–Trinajstić information content (AvgIpc) is 3.12. The van der Waals surface area contributed by atoms with E-state index in [9.17, 15) is 9.90 Å². The van der Waals surface area contributed by atoms with Gasteiger partial charge >= 0.3 is 6.09 Å². The number of carbonyl (C=O) groups is 1. The molecule has 2 heterocycles. The summed E-state index contributed by atoms with van der Waals surface area (Å²) in [4.78, 5) is 19.0. The average molecular weight is 391 g/mol. The van der Waals surface area contributed by atoms with Gasteiger partial charge in [0, 0.05) is 17.8 Å². The minimum atomic E-state index is -0.987. The van der Waals surface area contributed by atoms with Crippen molar-refractivity contribution in [3.05, 3.63) is 53.5 Å². The number of nitrogens with two attached hydrogens (primary N) is 1. The van der Waals surface area contributed by atoms with Gasteiger partial charge in [-0.05, 0) is 30.3 Å². The van der Waals surface area contributed by atoms with Crippen LogP contribution in [0.1, 0.15) is 5.89 Å². The molecule has 0 fully saturated rings. The fourth-order valence-electron chi connectivity index (χ4n) is 2.17. The highest BCUT2D eigenvalue weighted by Gasteiger charge is 2.17. The number of rotatable bonds is 7. The Kier molecular flexibility index (Phi) is 5.84. The van der Waals surface area contributed by atoms with Crippen LogP contribution in [0.15, 0.2) is 47.1 Å². The Balaban J connectivity index is 1.66. The van der Waals surface area contributed by atoms with E-state index in [0.29, 0.717) is 28.0 Å². The first kappa shape index (κ1) is 18.6. The van der Waals surface area contributed by atoms with Crippen LogP contribution in [0.25, 0.3) is 11.4 Å². The van der Waals surface area contributed by atoms with E-state index in [2.05, 4.69) is 15.1 Å². The number of hydrogen-bond donors (Lipinski definition) is 2. The van der Waals surface area contributed by atoms with Gasteiger partial charge in [-0.2, -0.15) is 4.98 Å². The molecule has 3 rings (SSSR count). The van der Waals surface area contributed by atoms with Crippen molar-refractivity contribution >= 4 is 17.7 Å². The highest BCUT2D eigenvalue weighted by Crippen LogP contribution is 2.24. The van der Waals surface area contributed by atoms with Crippen LogP contribution in [0.2, 0.25) is 5.02 Å². The third-order valence-corrected chi connectivity index (χ3v) is 3.62. The number of ether oxygens (including phenoxy) is 2. The summed E-state index contributed by atoms with van der Waals surface area (Å²) in [5.74, 6) is 1.54. The molecular weight excluding hydrogens is 376 g/mol. The molecule has 0 spiro atoms. The van der Waals surface area contributed by atoms with Crippen LogP contribution in [-0.4, -0.2) is 39.0 Å². The molecule has 0 aliphatic carbocycles. The minimum absolute atomic E-state index is 0.0515. The molecule has 0 saturated heterocycles. The highest BCUT2D eigenvalue weighted by molar-refractivity contribution is 6.30. The molecule has 1 amide bonds. The van der Waals surface area contributed by atoms with Crippen molar-refractivity contribution in [2.45, 2.75) is 12.5 Å². The molecule has 27 heavy (non-hydrogen) atoms. The molecule has 0 aliphatic rings. The number of nitrogens with zero attached hydrogens (tertiary/aromatic N) is 3. The zero-order valence-electron chi connectivity index (χ0n) is 13.9. The van der Waals surface area contributed by atoms with Crippen molar-refractivity contribution < 1.29 is 23.9 Å². The van der Waals surface area contributed by atoms with E-state index in [-0.39, 0.29) is 12.3 Å². The number of hydrogen-bond acceptors (Lipinski definition) is 8. The lowest BCUT2D eigenvalue weighted by molar-refractivity contribution is 0.0592. The van der Waals surface area contributed by atoms with Crippen LogP contribution in [0.3, 0.4) is 0 Å². The second kappa shape index (κ2) is 8.47. The maximum absolute atomic E-state index is 10.8. The van der Waals surface area contributed by atoms with Gasteiger partial charge in [0.25, 0.3) is 0 Å². The highest BCUT2D eigenvalue weighted by atomic mass is 35.5. The van der Waals surface area contributed by atoms with Gasteiger partial charge in [-0.15, -0.1) is 0 Å². The van der Waals surface area contributed by atoms with Crippen molar-refractivity contribution in [1.82, 2.24) is 15.1 Å². The maximum atomic E-state index is 10.8. The summed E-state index contributed by atoms with van der Waals surface area (Å²) >= 11 is 5.79. The van der Waals surface area contributed by atoms with Gasteiger partial charge in [0.1, 0.15) is 11.9 Å². The van der Waals surface area contributed by atoms with Crippen LogP contribution in [0.5, 0.6) is 11.6 Å². The summed E-state index contributed by atoms with van der Waals surface area (Å²) in [5.41, 5.74) is 5.63. The van der Waals surface area contributed by atoms with Gasteiger partial charge in [-0.3, -0.25) is 0 Å². The topological polar surface area (TPSA) is 134 Å². The van der Waals surface area contributed by atoms with Crippen LogP contribution in [-0.2, 0) is 11.2 Å². The van der Waals surface area contributed by atoms with E-state index in [0.717, 1.165) is 0 Å². The van der Waals surface area contributed by atoms with Gasteiger partial charge in [0.05, 0.1) is 18.1 Å². The fourth-order valence-corrected chi connectivity index (χ4v) is 2.28. The molecule has 1 aromatic carbocycles. The zero-order chi connectivity index (χ0) is 19.2. The molecule has 10 heteroatoms. The number of primary amides is 1. The third-order valence-electron chi connectivity index (χ3n) is 3.39. The quantitative estimate of drug-likeness (QED) is 0.628. The number of aliphatic hydroxyl groups is 1. The number of pyridine rings is 1. The molecule has 3 N–H and O–H groups in total. The van der Waals surface area contributed by atoms with Crippen LogP contribution >= 0.6 is 11.6 Å². The number of amides is 1. The summed E-state index contributed by atoms with van der Waals surface area (Å²) in [7, 11) is 0. The SMILES string of the molecule is NC(=O)OC(CO)Cc1nc(-c2ccc(Oc3ccc(Cl)cn3)cc2)no1. The smallest absolute Gasteiger partial charge is 0.404 e. The van der Waals surface area contributed by atoms with E-state index in [1.807, 2.05) is 0 Å². The Bertz CT molecular complexity index is 898. The minimum Gasteiger partial charge on any atom is -0.443 e. The lowest BCUT2D eigenvalue weighted by Gasteiger charge is -2.10. The van der Waals surface area contributed by atoms with Crippen molar-refractivity contribution in [2.75, 3.05) is 6.61 Å². The van der Waals surface area contributed by atoms with Crippen LogP contribution in [0.4, 0.5) is 4.79 Å². The van der Waals surface area contributed by atoms with E-state index in [1.54, 1.807) is 36.4 Å². The van der Waals surface area contributed by atoms with Crippen molar-refractivity contribution in [3.63, 3.8) is 0 Å². The van der Waals surface area contributed by atoms with Crippen molar-refractivity contribution in [3.8, 4) is 23.0 Å². The molecule has 1 unspecified atom stereocenters. The largest absolute Gasteiger partial charge is 0.443 e. The number of aliphatic hydroxyl groups excluding tert-OH is 1. The number of aromatic nitrogens is 3. The first-order valence-electron chi connectivity index (χ1n) is 7.83. The second-order valence-electron chi connectivity index (χ2n) is 5.40. The molecule has 0 radical (unpaired) electrons. The summed E-state index contributed by atoms with van der Waals surface area (Å²) in [6, 6.07) is 10.3. The summed E-state index contributed by atoms with van der Waals surface area (Å²) in [6.07, 6.45) is -0.290. The number of carbonyl (C=O) groups excluding carboxylic acids is 1. The monoisotopic (exact) mass is 390 g/mol. The van der Waals surface area contributed by atoms with Crippen LogP contribution in [0, 0.1) is 0 Å². The van der Waals surface area contributed by atoms with Gasteiger partial charge < -0.3 is 24.8 Å². The predicted octanol–water partition coefficient (Wildman–Crippen LogP) is 2.58. The maximum Gasteiger partial charge on any atom is 0.404 e. The van der Waals surface area contributed by atoms with Gasteiger partial charge in [0.15, 0.2) is 0 Å². The first-order chi connectivity index (χ1) is 13.0. The van der Waals surface area contributed by atoms with E-state index in [4.69, 9.17) is 31.3 Å². The molecule has 140 valence electrons. The standard InChI is InChI=1S/C17H15ClN4O5/c18-11-3-6-14(20-8-11)25-12-4-1-10(2-5-12)16-21-15(27-22-16)7-13(9-23)26-17(19)24/h1-6,8,13,23H,7,9H2,(H2,19,24). The molecule has 3 aromatic rings. The van der Waals surface area contributed by atoms with E-state index < -0.39 is 18.8 Å². The van der Waals surface area contributed by atoms with E-state index in [1.165, 1.54) is 6.20 Å². The summed E-state index contributed by atoms with van der Waals surface area (Å²) < 4.78 is 15.5. The molecule has 1 atom stereocenters. The third kappa shape index (κ3) is 5.16. The normalized spacial score (nSPS) is 11.8. The van der Waals surface area contributed by atoms with Gasteiger partial charge in [0.2, 0.25) is 17.6 Å². The Hall–Kier alpha value is -3.17. The Morgan fingerprint density at radius 1 is 1.26 bits per heavy atom. The first-order valence-corrected chi connectivity index (χ1v) is 8.20. The van der Waals surface area contributed by atoms with Crippen LogP contribution < -0.4 is 10.5 Å². The van der Waals surface area contributed by atoms with E-state index >= 15 is 0 Å². The summed E-state index contributed by atoms with van der Waals surface area (Å²) in [6.45, 7) is -0.411. The zero-order valence-corrected chi connectivity index (χ0v) is 14.7. The summed E-state index contributed by atoms with van der Waals surface area (Å²) in [5, 5.41) is 13.6. The lowest BCUT2D eigenvalue weighted by Crippen LogP contribution is -2.27. The molecule has 9 nitrogen and oxygen atoms in total. The van der Waals surface area contributed by atoms with Crippen molar-refractivity contribution in [1.29, 1.82) is 0 Å². The van der Waals surface area contributed by atoms with Crippen molar-refractivity contribution in [2.24, 2.45) is 5.73 Å².